The number of para-hydroxylation sites is 1. The van der Waals surface area contributed by atoms with Crippen molar-refractivity contribution in [3.63, 3.8) is 0 Å². The number of pyridine rings is 1. The average Bonchev–Trinajstić information content (AvgIpc) is 3.42. The van der Waals surface area contributed by atoms with Crippen LogP contribution in [0.2, 0.25) is 0 Å². The molecule has 1 atom stereocenters. The van der Waals surface area contributed by atoms with Crippen molar-refractivity contribution in [1.82, 2.24) is 15.2 Å². The van der Waals surface area contributed by atoms with Gasteiger partial charge in [-0.25, -0.2) is 9.78 Å². The zero-order chi connectivity index (χ0) is 22.3. The topological polar surface area (TPSA) is 118 Å². The van der Waals surface area contributed by atoms with Crippen LogP contribution in [0.25, 0.3) is 21.8 Å². The van der Waals surface area contributed by atoms with Crippen LogP contribution in [0.5, 0.6) is 0 Å². The summed E-state index contributed by atoms with van der Waals surface area (Å²) in [6, 6.07) is 13.8. The average molecular weight is 435 g/mol. The van der Waals surface area contributed by atoms with Crippen LogP contribution in [0, 0.1) is 0 Å². The number of fused-ring (bicyclic) bond motifs is 2. The fourth-order valence-electron chi connectivity index (χ4n) is 4.30. The van der Waals surface area contributed by atoms with E-state index in [-0.39, 0.29) is 19.5 Å². The zero-order valence-corrected chi connectivity index (χ0v) is 17.1. The highest BCUT2D eigenvalue weighted by atomic mass is 16.7. The van der Waals surface area contributed by atoms with Crippen molar-refractivity contribution in [2.75, 3.05) is 26.3 Å². The number of hydrogen-bond donors (Lipinski definition) is 2. The number of amides is 2. The Hall–Kier alpha value is -3.56. The van der Waals surface area contributed by atoms with E-state index >= 15 is 0 Å². The number of carbonyl (C=O) groups excluding carboxylic acids is 2. The van der Waals surface area contributed by atoms with Crippen molar-refractivity contribution >= 4 is 39.6 Å². The summed E-state index contributed by atoms with van der Waals surface area (Å²) in [5.74, 6) is -3.15. The van der Waals surface area contributed by atoms with Crippen LogP contribution in [0.15, 0.2) is 48.5 Å². The summed E-state index contributed by atoms with van der Waals surface area (Å²) in [6.45, 7) is 0.403. The van der Waals surface area contributed by atoms with Gasteiger partial charge in [0.1, 0.15) is 6.04 Å². The monoisotopic (exact) mass is 435 g/mol. The van der Waals surface area contributed by atoms with Gasteiger partial charge in [0.25, 0.3) is 5.91 Å². The van der Waals surface area contributed by atoms with Crippen LogP contribution in [-0.4, -0.2) is 70.9 Å². The van der Waals surface area contributed by atoms with E-state index in [1.807, 2.05) is 36.4 Å². The van der Waals surface area contributed by atoms with E-state index in [2.05, 4.69) is 10.3 Å². The van der Waals surface area contributed by atoms with Crippen LogP contribution in [0.3, 0.4) is 0 Å². The van der Waals surface area contributed by atoms with Crippen molar-refractivity contribution in [1.29, 1.82) is 0 Å². The number of aliphatic carboxylic acids is 1. The summed E-state index contributed by atoms with van der Waals surface area (Å²) in [4.78, 5) is 42.8. The second-order valence-electron chi connectivity index (χ2n) is 7.96. The molecule has 0 saturated carbocycles. The molecule has 2 fully saturated rings. The second kappa shape index (κ2) is 7.85. The minimum Gasteiger partial charge on any atom is -0.480 e. The number of aromatic nitrogens is 1. The molecule has 3 heterocycles. The minimum absolute atomic E-state index is 0.0195. The molecule has 2 amide bonds. The van der Waals surface area contributed by atoms with Gasteiger partial charge in [0, 0.05) is 22.8 Å². The highest BCUT2D eigenvalue weighted by Crippen LogP contribution is 2.34. The van der Waals surface area contributed by atoms with Gasteiger partial charge >= 0.3 is 5.97 Å². The Balaban J connectivity index is 1.29. The first-order valence-corrected chi connectivity index (χ1v) is 10.3. The lowest BCUT2D eigenvalue weighted by molar-refractivity contribution is -0.152. The minimum atomic E-state index is -1.13. The number of benzene rings is 2. The van der Waals surface area contributed by atoms with Crippen molar-refractivity contribution in [3.05, 3.63) is 54.1 Å². The van der Waals surface area contributed by atoms with Crippen molar-refractivity contribution < 1.29 is 29.0 Å². The zero-order valence-electron chi connectivity index (χ0n) is 17.1. The molecule has 32 heavy (non-hydrogen) atoms. The van der Waals surface area contributed by atoms with E-state index in [1.165, 1.54) is 4.90 Å². The molecule has 2 aromatic carbocycles. The van der Waals surface area contributed by atoms with Crippen molar-refractivity contribution in [3.8, 4) is 0 Å². The fourth-order valence-corrected chi connectivity index (χ4v) is 4.30. The molecule has 1 aromatic heterocycles. The Morgan fingerprint density at radius 1 is 1.06 bits per heavy atom. The smallest absolute Gasteiger partial charge is 0.326 e. The first-order valence-electron chi connectivity index (χ1n) is 10.3. The molecule has 2 aliphatic heterocycles. The number of nitrogens with zero attached hydrogens (tertiary/aromatic N) is 2. The van der Waals surface area contributed by atoms with Crippen LogP contribution in [0.4, 0.5) is 0 Å². The summed E-state index contributed by atoms with van der Waals surface area (Å²) in [5.41, 5.74) is 1.86. The van der Waals surface area contributed by atoms with E-state index in [9.17, 15) is 19.5 Å². The Kier molecular flexibility index (Phi) is 4.99. The standard InChI is InChI=1S/C23H21N3O6/c27-20(26-13-23(31-7-8-32-23)11-19(26)22(29)30)12-24-21(28)16-6-5-15-9-14-3-1-2-4-17(14)25-18(15)10-16/h1-6,9-10,19H,7-8,11-13H2,(H,24,28)(H,29,30). The summed E-state index contributed by atoms with van der Waals surface area (Å²) < 4.78 is 11.1. The molecule has 164 valence electrons. The van der Waals surface area contributed by atoms with Gasteiger partial charge in [-0.1, -0.05) is 24.3 Å². The number of ether oxygens (including phenoxy) is 2. The molecule has 9 nitrogen and oxygen atoms in total. The molecule has 1 unspecified atom stereocenters. The maximum absolute atomic E-state index is 12.7. The lowest BCUT2D eigenvalue weighted by Crippen LogP contribution is -2.46. The fraction of sp³-hybridized carbons (Fsp3) is 0.304. The number of carboxylic acid groups (broad SMARTS) is 1. The molecular weight excluding hydrogens is 414 g/mol. The highest BCUT2D eigenvalue weighted by molar-refractivity contribution is 6.01. The van der Waals surface area contributed by atoms with Gasteiger partial charge in [-0.2, -0.15) is 0 Å². The largest absolute Gasteiger partial charge is 0.480 e. The Morgan fingerprint density at radius 2 is 1.81 bits per heavy atom. The van der Waals surface area contributed by atoms with E-state index in [4.69, 9.17) is 9.47 Å². The summed E-state index contributed by atoms with van der Waals surface area (Å²) in [5, 5.41) is 14.0. The van der Waals surface area contributed by atoms with Crippen LogP contribution >= 0.6 is 0 Å². The van der Waals surface area contributed by atoms with Gasteiger partial charge in [0.05, 0.1) is 37.3 Å². The normalized spacial score (nSPS) is 19.6. The van der Waals surface area contributed by atoms with E-state index in [1.54, 1.807) is 12.1 Å². The van der Waals surface area contributed by atoms with Crippen LogP contribution in [0.1, 0.15) is 16.8 Å². The van der Waals surface area contributed by atoms with Crippen molar-refractivity contribution in [2.45, 2.75) is 18.2 Å². The van der Waals surface area contributed by atoms with Crippen LogP contribution in [-0.2, 0) is 19.1 Å². The molecule has 0 bridgehead atoms. The third-order valence-electron chi connectivity index (χ3n) is 5.89. The maximum Gasteiger partial charge on any atom is 0.326 e. The first-order chi connectivity index (χ1) is 15.4. The van der Waals surface area contributed by atoms with E-state index in [0.717, 1.165) is 16.3 Å². The molecular formula is C23H21N3O6. The molecule has 0 aliphatic carbocycles. The number of hydrogen-bond acceptors (Lipinski definition) is 6. The summed E-state index contributed by atoms with van der Waals surface area (Å²) >= 11 is 0. The van der Waals surface area contributed by atoms with Gasteiger partial charge in [-0.3, -0.25) is 9.59 Å². The Bertz CT molecular complexity index is 1240. The molecule has 3 aromatic rings. The SMILES string of the molecule is O=C(NCC(=O)N1CC2(CC1C(=O)O)OCCO2)c1ccc2cc3ccccc3nc2c1. The van der Waals surface area contributed by atoms with Gasteiger partial charge in [0.2, 0.25) is 5.91 Å². The highest BCUT2D eigenvalue weighted by Gasteiger charge is 2.52. The lowest BCUT2D eigenvalue weighted by atomic mass is 10.1. The third kappa shape index (κ3) is 3.65. The van der Waals surface area contributed by atoms with Crippen molar-refractivity contribution in [2.24, 2.45) is 0 Å². The van der Waals surface area contributed by atoms with Gasteiger partial charge in [-0.15, -0.1) is 0 Å². The van der Waals surface area contributed by atoms with Gasteiger partial charge in [0.15, 0.2) is 5.79 Å². The first kappa shape index (κ1) is 20.3. The predicted molar refractivity (Wildman–Crippen MR) is 114 cm³/mol. The molecule has 0 radical (unpaired) electrons. The molecule has 1 spiro atoms. The number of rotatable bonds is 4. The van der Waals surface area contributed by atoms with Crippen LogP contribution < -0.4 is 5.32 Å². The Labute approximate surface area is 182 Å². The van der Waals surface area contributed by atoms with E-state index < -0.39 is 29.6 Å². The predicted octanol–water partition coefficient (Wildman–Crippen LogP) is 1.55. The summed E-state index contributed by atoms with van der Waals surface area (Å²) in [7, 11) is 0. The second-order valence-corrected chi connectivity index (χ2v) is 7.96. The van der Waals surface area contributed by atoms with Gasteiger partial charge < -0.3 is 24.8 Å². The van der Waals surface area contributed by atoms with E-state index in [0.29, 0.717) is 24.3 Å². The molecule has 2 aliphatic rings. The summed E-state index contributed by atoms with van der Waals surface area (Å²) in [6.07, 6.45) is 0.0618. The van der Waals surface area contributed by atoms with Gasteiger partial charge in [-0.05, 0) is 24.3 Å². The molecule has 9 heteroatoms. The number of nitrogens with one attached hydrogen (secondary N) is 1. The lowest BCUT2D eigenvalue weighted by Gasteiger charge is -2.23. The molecule has 5 rings (SSSR count). The maximum atomic E-state index is 12.7. The Morgan fingerprint density at radius 3 is 2.59 bits per heavy atom. The number of carboxylic acids is 1. The number of carbonyl (C=O) groups is 3. The quantitative estimate of drug-likeness (QED) is 0.597. The molecule has 2 saturated heterocycles. The third-order valence-corrected chi connectivity index (χ3v) is 5.89. The molecule has 2 N–H and O–H groups in total. The number of likely N-dealkylation sites (tertiary alicyclic amines) is 1.